The Hall–Kier alpha value is -4.50. The fraction of sp³-hybridized carbons (Fsp3) is 0.692. The number of hydrogen-bond acceptors (Lipinski definition) is 0. The Bertz CT molecular complexity index is 2470. The summed E-state index contributed by atoms with van der Waals surface area (Å²) < 4.78 is 294. The van der Waals surface area contributed by atoms with Gasteiger partial charge < -0.3 is 4.90 Å². The molecule has 1 N–H and O–H groups in total. The van der Waals surface area contributed by atoms with Gasteiger partial charge in [-0.25, -0.2) is 87.8 Å². The summed E-state index contributed by atoms with van der Waals surface area (Å²) in [5, 5.41) is 0. The van der Waals surface area contributed by atoms with E-state index in [-0.39, 0.29) is 0 Å². The summed E-state index contributed by atoms with van der Waals surface area (Å²) in [6.07, 6.45) is 63.7. The van der Waals surface area contributed by atoms with E-state index >= 15 is 35.1 Å². The van der Waals surface area contributed by atoms with Crippen molar-refractivity contribution in [1.82, 2.24) is 0 Å². The number of halogens is 20. The number of rotatable bonds is 55. The molecule has 100 heavy (non-hydrogen) atoms. The monoisotopic (exact) mass is 1450 g/mol. The van der Waals surface area contributed by atoms with Crippen LogP contribution in [0, 0.1) is 116 Å². The van der Waals surface area contributed by atoms with Gasteiger partial charge in [0, 0.05) is 0 Å². The molecule has 0 unspecified atom stereocenters. The third-order valence-corrected chi connectivity index (χ3v) is 19.9. The molecule has 0 heterocycles. The topological polar surface area (TPSA) is 4.44 Å². The van der Waals surface area contributed by atoms with E-state index in [1.165, 1.54) is 328 Å². The Morgan fingerprint density at radius 1 is 0.150 bits per heavy atom. The quantitative estimate of drug-likeness (QED) is 0.0148. The van der Waals surface area contributed by atoms with Crippen molar-refractivity contribution in [1.29, 1.82) is 0 Å². The van der Waals surface area contributed by atoms with Crippen molar-refractivity contribution in [2.24, 2.45) is 0 Å². The third-order valence-electron chi connectivity index (χ3n) is 19.9. The second-order valence-corrected chi connectivity index (χ2v) is 27.7. The van der Waals surface area contributed by atoms with E-state index in [1.807, 2.05) is 4.90 Å². The number of quaternary nitrogens is 1. The van der Waals surface area contributed by atoms with Crippen LogP contribution in [-0.2, 0) is 0 Å². The molecule has 4 aromatic carbocycles. The minimum Gasteiger partial charge on any atom is -0.335 e. The summed E-state index contributed by atoms with van der Waals surface area (Å²) in [4.78, 5) is 1.96. The van der Waals surface area contributed by atoms with Crippen LogP contribution in [0.25, 0.3) is 0 Å². The molecule has 0 aromatic heterocycles. The average molecular weight is 1450 g/mol. The summed E-state index contributed by atoms with van der Waals surface area (Å²) in [5.41, 5.74) is -14.3. The highest BCUT2D eigenvalue weighted by Crippen LogP contribution is 2.32. The van der Waals surface area contributed by atoms with E-state index in [1.54, 1.807) is 0 Å². The van der Waals surface area contributed by atoms with Gasteiger partial charge in [-0.2, -0.15) is 0 Å². The summed E-state index contributed by atoms with van der Waals surface area (Å²) in [5.74, 6) is -71.4. The Morgan fingerprint density at radius 2 is 0.250 bits per heavy atom. The van der Waals surface area contributed by atoms with E-state index in [0.717, 1.165) is 0 Å². The molecule has 0 fully saturated rings. The largest absolute Gasteiger partial charge is 0.335 e. The van der Waals surface area contributed by atoms with Crippen LogP contribution in [0.1, 0.15) is 329 Å². The van der Waals surface area contributed by atoms with E-state index in [0.29, 0.717) is 0 Å². The highest BCUT2D eigenvalue weighted by molar-refractivity contribution is 7.20. The van der Waals surface area contributed by atoms with Gasteiger partial charge >= 0.3 is 0 Å². The van der Waals surface area contributed by atoms with E-state index < -0.39 is 144 Å². The van der Waals surface area contributed by atoms with Crippen LogP contribution in [0.15, 0.2) is 0 Å². The standard InChI is InChI=1S/C54H111N.C24BF20/c1-4-7-10-13-16-19-22-25-28-31-34-37-40-43-46-49-52-55(53-50-47-44-41-38-35-32-29-26-23-20-17-14-11-8-5-2)54-51-48-45-42-39-36-33-30-27-24-21-18-15-12-9-6-3;26-5-1(6(27)14(35)21(42)13(5)34)25(2-7(28)15(36)22(43)16(37)8(2)29,3-9(30)17(38)23(44)18(39)10(3)31)4-11(32)19(40)24(45)20(41)12(4)33/h4-54H2,1-3H3;/q;-1/p+1. The SMILES string of the molecule is CCCCCCCCCCCCCCCCCC[NH+](CCCCCCCCCCCCCCCCCC)CCCCCCCCCCCCCCCCCC.Fc1c(F)c(F)c([B-](c2c(F)c(F)c(F)c(F)c2F)(c2c(F)c(F)c(F)c(F)c2F)c2c(F)c(F)c(F)c(F)c2F)c(F)c1F. The summed E-state index contributed by atoms with van der Waals surface area (Å²) in [6.45, 7) is 11.3. The third kappa shape index (κ3) is 27.8. The minimum atomic E-state index is -7.22. The molecule has 0 saturated carbocycles. The first kappa shape index (κ1) is 89.7. The molecule has 0 bridgehead atoms. The zero-order chi connectivity index (χ0) is 74.0. The molecule has 1 nitrogen and oxygen atoms in total. The van der Waals surface area contributed by atoms with Crippen LogP contribution in [-0.4, -0.2) is 25.8 Å². The predicted octanol–water partition coefficient (Wildman–Crippen LogP) is 24.5. The maximum atomic E-state index is 15.4. The van der Waals surface area contributed by atoms with Crippen molar-refractivity contribution in [2.75, 3.05) is 19.6 Å². The molecule has 0 radical (unpaired) electrons. The number of benzene rings is 4. The molecule has 4 aromatic rings. The lowest BCUT2D eigenvalue weighted by molar-refractivity contribution is -0.900. The summed E-state index contributed by atoms with van der Waals surface area (Å²) in [6, 6.07) is 0. The Morgan fingerprint density at radius 3 is 0.370 bits per heavy atom. The Balaban J connectivity index is 0.000000529. The van der Waals surface area contributed by atoms with Crippen molar-refractivity contribution in [3.8, 4) is 0 Å². The number of nitrogens with one attached hydrogen (secondary N) is 1. The lowest BCUT2D eigenvalue weighted by Crippen LogP contribution is -3.12. The van der Waals surface area contributed by atoms with Crippen LogP contribution in [0.5, 0.6) is 0 Å². The van der Waals surface area contributed by atoms with Crippen molar-refractivity contribution >= 4 is 28.0 Å². The smallest absolute Gasteiger partial charge is 0.200 e. The van der Waals surface area contributed by atoms with Crippen LogP contribution < -0.4 is 26.8 Å². The molecule has 0 amide bonds. The molecule has 0 aliphatic rings. The Kier molecular flexibility index (Phi) is 45.6. The van der Waals surface area contributed by atoms with Crippen LogP contribution in [0.3, 0.4) is 0 Å². The first-order valence-electron chi connectivity index (χ1n) is 38.1. The van der Waals surface area contributed by atoms with E-state index in [9.17, 15) is 52.7 Å². The summed E-state index contributed by atoms with van der Waals surface area (Å²) in [7, 11) is 0. The molecule has 0 saturated heterocycles. The lowest BCUT2D eigenvalue weighted by Gasteiger charge is -2.44. The molecule has 4 rings (SSSR count). The van der Waals surface area contributed by atoms with Gasteiger partial charge in [0.15, 0.2) is 69.8 Å². The van der Waals surface area contributed by atoms with Gasteiger partial charge in [-0.15, -0.1) is 21.9 Å². The molecule has 22 heteroatoms. The molecule has 0 atom stereocenters. The first-order chi connectivity index (χ1) is 48.0. The molecule has 0 aliphatic heterocycles. The fourth-order valence-corrected chi connectivity index (χ4v) is 14.0. The zero-order valence-electron chi connectivity index (χ0n) is 59.7. The predicted molar refractivity (Wildman–Crippen MR) is 363 cm³/mol. The second-order valence-electron chi connectivity index (χ2n) is 27.7. The molecule has 0 spiro atoms. The fourth-order valence-electron chi connectivity index (χ4n) is 14.0. The van der Waals surface area contributed by atoms with Gasteiger partial charge in [0.2, 0.25) is 0 Å². The van der Waals surface area contributed by atoms with Crippen molar-refractivity contribution in [2.45, 2.75) is 329 Å². The van der Waals surface area contributed by atoms with Crippen molar-refractivity contribution in [3.05, 3.63) is 116 Å². The Labute approximate surface area is 583 Å². The maximum Gasteiger partial charge on any atom is 0.200 e. The van der Waals surface area contributed by atoms with Gasteiger partial charge in [-0.1, -0.05) is 290 Å². The molecular formula is C78H112BF20N. The minimum absolute atomic E-state index is 1.37. The van der Waals surface area contributed by atoms with Crippen LogP contribution in [0.2, 0.25) is 0 Å². The van der Waals surface area contributed by atoms with E-state index in [2.05, 4.69) is 20.8 Å². The molecule has 0 aliphatic carbocycles. The van der Waals surface area contributed by atoms with Crippen LogP contribution >= 0.6 is 0 Å². The van der Waals surface area contributed by atoms with Crippen LogP contribution in [0.4, 0.5) is 87.8 Å². The number of hydrogen-bond donors (Lipinski definition) is 1. The van der Waals surface area contributed by atoms with Gasteiger partial charge in [0.25, 0.3) is 0 Å². The normalized spacial score (nSPS) is 11.9. The van der Waals surface area contributed by atoms with Crippen molar-refractivity contribution in [3.63, 3.8) is 0 Å². The lowest BCUT2D eigenvalue weighted by atomic mass is 9.12. The van der Waals surface area contributed by atoms with Gasteiger partial charge in [0.1, 0.15) is 52.7 Å². The maximum absolute atomic E-state index is 15.4. The highest BCUT2D eigenvalue weighted by atomic mass is 19.2. The van der Waals surface area contributed by atoms with Crippen molar-refractivity contribution < 1.29 is 92.7 Å². The summed E-state index contributed by atoms with van der Waals surface area (Å²) >= 11 is 0. The zero-order valence-corrected chi connectivity index (χ0v) is 59.7. The number of unbranched alkanes of at least 4 members (excludes halogenated alkanes) is 45. The highest BCUT2D eigenvalue weighted by Gasteiger charge is 2.52. The van der Waals surface area contributed by atoms with Gasteiger partial charge in [0.05, 0.1) is 19.6 Å². The first-order valence-corrected chi connectivity index (χ1v) is 38.1. The average Bonchev–Trinajstić information content (AvgIpc) is 0.683. The van der Waals surface area contributed by atoms with Gasteiger partial charge in [-0.05, 0) is 38.5 Å². The molecule has 572 valence electrons. The second kappa shape index (κ2) is 50.8. The van der Waals surface area contributed by atoms with E-state index in [4.69, 9.17) is 0 Å². The van der Waals surface area contributed by atoms with Gasteiger partial charge in [-0.3, -0.25) is 0 Å². The molecular weight excluding hydrogens is 1340 g/mol.